The first-order chi connectivity index (χ1) is 7.13. The van der Waals surface area contributed by atoms with Crippen LogP contribution in [0, 0.1) is 0 Å². The summed E-state index contributed by atoms with van der Waals surface area (Å²) in [6, 6.07) is 4.49. The predicted molar refractivity (Wildman–Crippen MR) is 53.5 cm³/mol. The Bertz CT molecular complexity index is 468. The minimum Gasteiger partial charge on any atom is -0.349 e. The Morgan fingerprint density at radius 1 is 1.47 bits per heavy atom. The number of benzene rings is 1. The second kappa shape index (κ2) is 6.04. The van der Waals surface area contributed by atoms with E-state index < -0.39 is 10.9 Å². The Balaban J connectivity index is 3.03. The lowest BCUT2D eigenvalue weighted by Crippen LogP contribution is -1.86. The van der Waals surface area contributed by atoms with Gasteiger partial charge in [-0.05, 0) is 22.4 Å². The summed E-state index contributed by atoms with van der Waals surface area (Å²) in [5, 5.41) is 15.1. The van der Waals surface area contributed by atoms with Gasteiger partial charge in [0, 0.05) is 5.02 Å². The van der Waals surface area contributed by atoms with Crippen LogP contribution in [0.5, 0.6) is 0 Å². The van der Waals surface area contributed by atoms with Gasteiger partial charge in [-0.25, -0.2) is 9.59 Å². The molecule has 0 aliphatic carbocycles. The van der Waals surface area contributed by atoms with Gasteiger partial charge in [-0.1, -0.05) is 28.2 Å². The molecule has 1 N–H and O–H groups in total. The number of hydrogen-bond donors (Lipinski definition) is 1. The van der Waals surface area contributed by atoms with E-state index in [4.69, 9.17) is 28.5 Å². The monoisotopic (exact) mass is 270 g/mol. The summed E-state index contributed by atoms with van der Waals surface area (Å²) < 4.78 is 17.5. The van der Waals surface area contributed by atoms with Crippen LogP contribution >= 0.6 is 23.2 Å². The molecule has 1 aromatic carbocycles. The summed E-state index contributed by atoms with van der Waals surface area (Å²) >= 11 is 11.4. The van der Waals surface area contributed by atoms with E-state index in [9.17, 15) is 4.21 Å². The summed E-state index contributed by atoms with van der Waals surface area (Å²) in [5.74, 6) is 0. The molecule has 1 aromatic rings. The molecule has 0 atom stereocenters. The van der Waals surface area contributed by atoms with Crippen LogP contribution in [0.3, 0.4) is 0 Å². The number of rotatable bonds is 3. The third kappa shape index (κ3) is 4.15. The van der Waals surface area contributed by atoms with Gasteiger partial charge in [0.1, 0.15) is 5.11 Å². The lowest BCUT2D eigenvalue weighted by Gasteiger charge is -1.91. The Hall–Kier alpha value is -0.660. The van der Waals surface area contributed by atoms with Crippen LogP contribution in [-0.2, 0) is 24.5 Å². The quantitative estimate of drug-likeness (QED) is 0.301. The Kier molecular flexibility index (Phi) is 5.00. The summed E-state index contributed by atoms with van der Waals surface area (Å²) in [6.07, 6.45) is 0. The fourth-order valence-electron chi connectivity index (χ4n) is 0.679. The Morgan fingerprint density at radius 2 is 2.20 bits per heavy atom. The molecule has 0 saturated heterocycles. The molecule has 9 heteroatoms. The van der Waals surface area contributed by atoms with Gasteiger partial charge in [0.25, 0.3) is 10.9 Å². The molecular formula is C6H4Cl2N2O4S. The van der Waals surface area contributed by atoms with Crippen LogP contribution in [0.1, 0.15) is 0 Å². The van der Waals surface area contributed by atoms with Crippen molar-refractivity contribution in [2.75, 3.05) is 0 Å². The van der Waals surface area contributed by atoms with Crippen LogP contribution in [-0.4, -0.2) is 5.26 Å². The van der Waals surface area contributed by atoms with Crippen LogP contribution in [0.4, 0.5) is 5.69 Å². The molecule has 0 saturated carbocycles. The first-order valence-corrected chi connectivity index (χ1v) is 5.19. The van der Waals surface area contributed by atoms with Crippen molar-refractivity contribution in [3.8, 4) is 0 Å². The smallest absolute Gasteiger partial charge is 0.297 e. The fraction of sp³-hybridized carbons (Fsp3) is 0. The van der Waals surface area contributed by atoms with Crippen LogP contribution < -0.4 is 4.16 Å². The van der Waals surface area contributed by atoms with E-state index in [1.54, 1.807) is 6.07 Å². The maximum atomic E-state index is 10.7. The van der Waals surface area contributed by atoms with Gasteiger partial charge in [0.15, 0.2) is 5.69 Å². The van der Waals surface area contributed by atoms with Gasteiger partial charge in [0.2, 0.25) is 0 Å². The van der Waals surface area contributed by atoms with Crippen LogP contribution in [0.15, 0.2) is 23.3 Å². The van der Waals surface area contributed by atoms with Crippen molar-refractivity contribution in [1.82, 2.24) is 4.16 Å². The molecule has 0 amide bonds. The first-order valence-electron chi connectivity index (χ1n) is 3.40. The summed E-state index contributed by atoms with van der Waals surface area (Å²) in [6.45, 7) is 0. The zero-order chi connectivity index (χ0) is 11.3. The van der Waals surface area contributed by atoms with Gasteiger partial charge in [-0.2, -0.15) is 0 Å². The average Bonchev–Trinajstić information content (AvgIpc) is 2.20. The highest BCUT2D eigenvalue weighted by molar-refractivity contribution is 7.68. The van der Waals surface area contributed by atoms with E-state index in [0.29, 0.717) is 5.02 Å². The number of halogens is 2. The standard InChI is InChI=1S/C6H4Cl2N2O4S/c7-4-1-2-5(8)6(3-4)9-10-15(12)14-13-11/h1-3,11H. The van der Waals surface area contributed by atoms with Crippen molar-refractivity contribution in [1.29, 1.82) is 0 Å². The van der Waals surface area contributed by atoms with Crippen LogP contribution in [0.2, 0.25) is 10.0 Å². The predicted octanol–water partition coefficient (Wildman–Crippen LogP) is 2.63. The number of nitrogens with zero attached hydrogens (tertiary/aromatic N) is 2. The molecule has 0 aromatic heterocycles. The van der Waals surface area contributed by atoms with E-state index in [-0.39, 0.29) is 10.7 Å². The molecule has 0 aliphatic heterocycles. The maximum Gasteiger partial charge on any atom is 0.297 e. The minimum atomic E-state index is -2.25. The molecule has 0 bridgehead atoms. The van der Waals surface area contributed by atoms with E-state index in [0.717, 1.165) is 0 Å². The van der Waals surface area contributed by atoms with Gasteiger partial charge < -0.3 is 4.21 Å². The molecule has 0 radical (unpaired) electrons. The van der Waals surface area contributed by atoms with Gasteiger partial charge in [0.05, 0.1) is 5.02 Å². The third-order valence-electron chi connectivity index (χ3n) is 1.21. The fourth-order valence-corrected chi connectivity index (χ4v) is 1.24. The zero-order valence-corrected chi connectivity index (χ0v) is 9.29. The van der Waals surface area contributed by atoms with Gasteiger partial charge in [-0.3, -0.25) is 0 Å². The van der Waals surface area contributed by atoms with Crippen molar-refractivity contribution in [2.45, 2.75) is 0 Å². The molecule has 0 heterocycles. The van der Waals surface area contributed by atoms with E-state index in [2.05, 4.69) is 18.6 Å². The van der Waals surface area contributed by atoms with Crippen molar-refractivity contribution in [3.63, 3.8) is 0 Å². The zero-order valence-electron chi connectivity index (χ0n) is 6.96. The van der Waals surface area contributed by atoms with Crippen molar-refractivity contribution in [3.05, 3.63) is 28.2 Å². The SMILES string of the molecule is O=[S-](=[N+]=Nc1cc(Cl)ccc1Cl)OOO. The summed E-state index contributed by atoms with van der Waals surface area (Å²) in [7, 11) is -2.25. The second-order valence-electron chi connectivity index (χ2n) is 2.14. The molecule has 82 valence electrons. The summed E-state index contributed by atoms with van der Waals surface area (Å²) in [5.41, 5.74) is 0.221. The van der Waals surface area contributed by atoms with Crippen molar-refractivity contribution in [2.24, 2.45) is 5.11 Å². The largest absolute Gasteiger partial charge is 0.349 e. The van der Waals surface area contributed by atoms with Crippen molar-refractivity contribution < 1.29 is 18.8 Å². The Labute approximate surface area is 96.3 Å². The molecule has 0 unspecified atom stereocenters. The van der Waals surface area contributed by atoms with E-state index >= 15 is 0 Å². The first kappa shape index (κ1) is 12.4. The molecule has 0 aliphatic rings. The third-order valence-corrected chi connectivity index (χ3v) is 2.16. The van der Waals surface area contributed by atoms with E-state index in [1.807, 2.05) is 0 Å². The lowest BCUT2D eigenvalue weighted by molar-refractivity contribution is -0.434. The summed E-state index contributed by atoms with van der Waals surface area (Å²) in [4.78, 5) is 0. The topological polar surface area (TPSA) is 82.2 Å². The highest BCUT2D eigenvalue weighted by Crippen LogP contribution is 2.27. The highest BCUT2D eigenvalue weighted by atomic mass is 35.5. The minimum absolute atomic E-state index is 0.221. The van der Waals surface area contributed by atoms with Crippen molar-refractivity contribution >= 4 is 39.8 Å². The highest BCUT2D eigenvalue weighted by Gasteiger charge is 2.02. The molecule has 0 spiro atoms. The molecule has 6 nitrogen and oxygen atoms in total. The second-order valence-corrected chi connectivity index (χ2v) is 3.71. The average molecular weight is 271 g/mol. The molecule has 15 heavy (non-hydrogen) atoms. The van der Waals surface area contributed by atoms with Crippen LogP contribution in [0.25, 0.3) is 0 Å². The lowest BCUT2D eigenvalue weighted by atomic mass is 10.3. The molecule has 0 fully saturated rings. The Morgan fingerprint density at radius 3 is 2.87 bits per heavy atom. The van der Waals surface area contributed by atoms with Gasteiger partial charge >= 0.3 is 0 Å². The normalized spacial score (nSPS) is 10.1. The number of hydrogen-bond acceptors (Lipinski definition) is 6. The van der Waals surface area contributed by atoms with Gasteiger partial charge in [-0.15, -0.1) is 0 Å². The molecule has 1 rings (SSSR count). The maximum absolute atomic E-state index is 10.7. The molecular weight excluding hydrogens is 267 g/mol. The van der Waals surface area contributed by atoms with E-state index in [1.165, 1.54) is 12.1 Å².